The highest BCUT2D eigenvalue weighted by Gasteiger charge is 2.31. The first-order valence-electron chi connectivity index (χ1n) is 6.67. The first-order valence-corrected chi connectivity index (χ1v) is 7.55. The van der Waals surface area contributed by atoms with Crippen LogP contribution < -0.4 is 4.90 Å². The lowest BCUT2D eigenvalue weighted by Crippen LogP contribution is -2.24. The molecule has 1 fully saturated rings. The first-order chi connectivity index (χ1) is 9.72. The van der Waals surface area contributed by atoms with E-state index in [-0.39, 0.29) is 6.42 Å². The summed E-state index contributed by atoms with van der Waals surface area (Å²) in [6, 6.07) is 4.40. The van der Waals surface area contributed by atoms with Crippen molar-refractivity contribution in [3.05, 3.63) is 35.2 Å². The van der Waals surface area contributed by atoms with Gasteiger partial charge in [0.15, 0.2) is 5.13 Å². The van der Waals surface area contributed by atoms with E-state index in [1.54, 1.807) is 17.6 Å². The van der Waals surface area contributed by atoms with Crippen LogP contribution in [0.15, 0.2) is 28.2 Å². The molecule has 1 aliphatic carbocycles. The van der Waals surface area contributed by atoms with E-state index in [0.29, 0.717) is 12.5 Å². The Morgan fingerprint density at radius 3 is 3.05 bits per heavy atom. The highest BCUT2D eigenvalue weighted by Crippen LogP contribution is 2.35. The van der Waals surface area contributed by atoms with Crippen molar-refractivity contribution in [2.24, 2.45) is 0 Å². The molecule has 1 N–H and O–H groups in total. The van der Waals surface area contributed by atoms with Crippen molar-refractivity contribution in [1.29, 1.82) is 0 Å². The molecule has 0 atom stereocenters. The van der Waals surface area contributed by atoms with Crippen molar-refractivity contribution in [3.63, 3.8) is 0 Å². The minimum absolute atomic E-state index is 0.130. The zero-order chi connectivity index (χ0) is 13.9. The predicted molar refractivity (Wildman–Crippen MR) is 76.0 cm³/mol. The molecule has 0 saturated heterocycles. The summed E-state index contributed by atoms with van der Waals surface area (Å²) in [5.41, 5.74) is 0.859. The molecule has 0 amide bonds. The summed E-state index contributed by atoms with van der Waals surface area (Å²) in [6.07, 6.45) is 4.67. The number of thiazole rings is 1. The Bertz CT molecular complexity index is 575. The van der Waals surface area contributed by atoms with E-state index in [4.69, 9.17) is 9.52 Å². The molecule has 1 aliphatic rings. The Hall–Kier alpha value is -1.82. The van der Waals surface area contributed by atoms with Gasteiger partial charge in [-0.2, -0.15) is 0 Å². The lowest BCUT2D eigenvalue weighted by molar-refractivity contribution is -0.136. The minimum atomic E-state index is -0.783. The van der Waals surface area contributed by atoms with Crippen LogP contribution in [0.25, 0.3) is 0 Å². The molecule has 2 aromatic rings. The number of aromatic nitrogens is 1. The van der Waals surface area contributed by atoms with Gasteiger partial charge in [0.2, 0.25) is 0 Å². The van der Waals surface area contributed by atoms with E-state index in [0.717, 1.165) is 23.1 Å². The van der Waals surface area contributed by atoms with Crippen LogP contribution in [0.5, 0.6) is 0 Å². The summed E-state index contributed by atoms with van der Waals surface area (Å²) in [7, 11) is 0. The van der Waals surface area contributed by atoms with Crippen molar-refractivity contribution < 1.29 is 14.3 Å². The lowest BCUT2D eigenvalue weighted by atomic mass is 10.2. The quantitative estimate of drug-likeness (QED) is 0.850. The molecule has 2 aromatic heterocycles. The van der Waals surface area contributed by atoms with Gasteiger partial charge < -0.3 is 14.4 Å². The van der Waals surface area contributed by atoms with Gasteiger partial charge in [0.1, 0.15) is 5.76 Å². The monoisotopic (exact) mass is 292 g/mol. The van der Waals surface area contributed by atoms with E-state index >= 15 is 0 Å². The molecule has 5 nitrogen and oxygen atoms in total. The maximum absolute atomic E-state index is 10.6. The molecule has 6 heteroatoms. The summed E-state index contributed by atoms with van der Waals surface area (Å²) in [5, 5.41) is 11.6. The van der Waals surface area contributed by atoms with Crippen molar-refractivity contribution in [3.8, 4) is 0 Å². The molecule has 0 aliphatic heterocycles. The number of hydrogen-bond acceptors (Lipinski definition) is 5. The Morgan fingerprint density at radius 1 is 1.55 bits per heavy atom. The summed E-state index contributed by atoms with van der Waals surface area (Å²) in [6.45, 7) is 0.726. The summed E-state index contributed by atoms with van der Waals surface area (Å²) in [5.74, 6) is 0.147. The molecule has 106 valence electrons. The van der Waals surface area contributed by atoms with E-state index < -0.39 is 5.97 Å². The van der Waals surface area contributed by atoms with Crippen molar-refractivity contribution in [1.82, 2.24) is 4.98 Å². The SMILES string of the molecule is O=C(O)CCc1csc(N(Cc2ccco2)C2CC2)n1. The molecule has 2 heterocycles. The molecule has 0 unspecified atom stereocenters. The van der Waals surface area contributed by atoms with Gasteiger partial charge in [0.25, 0.3) is 0 Å². The molecule has 0 radical (unpaired) electrons. The average Bonchev–Trinajstić information content (AvgIpc) is 2.95. The fourth-order valence-corrected chi connectivity index (χ4v) is 3.02. The highest BCUT2D eigenvalue weighted by molar-refractivity contribution is 7.13. The average molecular weight is 292 g/mol. The number of carboxylic acid groups (broad SMARTS) is 1. The van der Waals surface area contributed by atoms with Gasteiger partial charge in [-0.25, -0.2) is 4.98 Å². The number of rotatable bonds is 7. The van der Waals surface area contributed by atoms with Crippen LogP contribution in [0.3, 0.4) is 0 Å². The molecule has 0 spiro atoms. The second-order valence-corrected chi connectivity index (χ2v) is 5.79. The van der Waals surface area contributed by atoms with E-state index in [9.17, 15) is 4.79 Å². The van der Waals surface area contributed by atoms with Gasteiger partial charge in [0, 0.05) is 17.8 Å². The van der Waals surface area contributed by atoms with Crippen molar-refractivity contribution >= 4 is 22.4 Å². The van der Waals surface area contributed by atoms with Gasteiger partial charge in [-0.1, -0.05) is 0 Å². The Morgan fingerprint density at radius 2 is 2.40 bits per heavy atom. The number of nitrogens with zero attached hydrogens (tertiary/aromatic N) is 2. The predicted octanol–water partition coefficient (Wildman–Crippen LogP) is 2.92. The molecular weight excluding hydrogens is 276 g/mol. The largest absolute Gasteiger partial charge is 0.481 e. The fourth-order valence-electron chi connectivity index (χ4n) is 2.09. The maximum atomic E-state index is 10.6. The van der Waals surface area contributed by atoms with Crippen LogP contribution >= 0.6 is 11.3 Å². The smallest absolute Gasteiger partial charge is 0.303 e. The number of aliphatic carboxylic acids is 1. The van der Waals surface area contributed by atoms with Gasteiger partial charge in [-0.05, 0) is 25.0 Å². The number of carbonyl (C=O) groups is 1. The van der Waals surface area contributed by atoms with Gasteiger partial charge in [-0.15, -0.1) is 11.3 Å². The topological polar surface area (TPSA) is 66.6 Å². The number of hydrogen-bond donors (Lipinski definition) is 1. The Kier molecular flexibility index (Phi) is 3.73. The molecule has 0 bridgehead atoms. The number of carboxylic acids is 1. The van der Waals surface area contributed by atoms with Gasteiger partial charge >= 0.3 is 5.97 Å². The highest BCUT2D eigenvalue weighted by atomic mass is 32.1. The number of aryl methyl sites for hydroxylation is 1. The van der Waals surface area contributed by atoms with Crippen LogP contribution in [-0.2, 0) is 17.8 Å². The molecule has 20 heavy (non-hydrogen) atoms. The van der Waals surface area contributed by atoms with E-state index in [2.05, 4.69) is 9.88 Å². The van der Waals surface area contributed by atoms with Crippen LogP contribution in [0.2, 0.25) is 0 Å². The second-order valence-electron chi connectivity index (χ2n) is 4.95. The van der Waals surface area contributed by atoms with Crippen molar-refractivity contribution in [2.75, 3.05) is 4.90 Å². The summed E-state index contributed by atoms with van der Waals surface area (Å²) < 4.78 is 5.41. The van der Waals surface area contributed by atoms with Crippen LogP contribution in [0, 0.1) is 0 Å². The van der Waals surface area contributed by atoms with Crippen molar-refractivity contribution in [2.45, 2.75) is 38.3 Å². The van der Waals surface area contributed by atoms with Crippen LogP contribution in [0.4, 0.5) is 5.13 Å². The van der Waals surface area contributed by atoms with Crippen LogP contribution in [-0.4, -0.2) is 22.1 Å². The second kappa shape index (κ2) is 5.66. The molecular formula is C14H16N2O3S. The zero-order valence-electron chi connectivity index (χ0n) is 11.0. The summed E-state index contributed by atoms with van der Waals surface area (Å²) >= 11 is 1.58. The van der Waals surface area contributed by atoms with Gasteiger partial charge in [-0.3, -0.25) is 4.79 Å². The van der Waals surface area contributed by atoms with E-state index in [1.165, 1.54) is 12.8 Å². The van der Waals surface area contributed by atoms with E-state index in [1.807, 2.05) is 17.5 Å². The third kappa shape index (κ3) is 3.19. The molecule has 3 rings (SSSR count). The Labute approximate surface area is 120 Å². The maximum Gasteiger partial charge on any atom is 0.303 e. The summed E-state index contributed by atoms with van der Waals surface area (Å²) in [4.78, 5) is 17.4. The zero-order valence-corrected chi connectivity index (χ0v) is 11.8. The number of anilines is 1. The lowest BCUT2D eigenvalue weighted by Gasteiger charge is -2.19. The normalized spacial score (nSPS) is 14.4. The Balaban J connectivity index is 1.69. The molecule has 1 saturated carbocycles. The first kappa shape index (κ1) is 13.2. The van der Waals surface area contributed by atoms with Crippen LogP contribution in [0.1, 0.15) is 30.7 Å². The standard InChI is InChI=1S/C14H16N2O3S/c17-13(18)6-3-10-9-20-14(15-10)16(11-4-5-11)8-12-2-1-7-19-12/h1-2,7,9,11H,3-6,8H2,(H,17,18). The fraction of sp³-hybridized carbons (Fsp3) is 0.429. The van der Waals surface area contributed by atoms with Gasteiger partial charge in [0.05, 0.1) is 24.9 Å². The molecule has 0 aromatic carbocycles. The minimum Gasteiger partial charge on any atom is -0.481 e. The third-order valence-corrected chi connectivity index (χ3v) is 4.20. The third-order valence-electron chi connectivity index (χ3n) is 3.27. The number of furan rings is 1.